The van der Waals surface area contributed by atoms with Gasteiger partial charge in [-0.1, -0.05) is 36.0 Å². The number of amides is 5. The van der Waals surface area contributed by atoms with Gasteiger partial charge in [0.15, 0.2) is 0 Å². The van der Waals surface area contributed by atoms with Crippen LogP contribution in [0.25, 0.3) is 0 Å². The Morgan fingerprint density at radius 2 is 1.77 bits per heavy atom. The molecule has 9 nitrogen and oxygen atoms in total. The molecule has 0 aromatic heterocycles. The molecule has 1 aliphatic carbocycles. The minimum atomic E-state index is -0.792. The molecular formula is C20H24Cl2N4O5. The molecule has 11 heteroatoms. The number of ether oxygens (including phenoxy) is 1. The number of urea groups is 1. The van der Waals surface area contributed by atoms with E-state index in [1.54, 1.807) is 18.2 Å². The Morgan fingerprint density at radius 1 is 1.10 bits per heavy atom. The van der Waals surface area contributed by atoms with Gasteiger partial charge in [0.2, 0.25) is 11.8 Å². The number of nitrogens with zero attached hydrogens (tertiary/aromatic N) is 1. The Balaban J connectivity index is 1.31. The van der Waals surface area contributed by atoms with Crippen LogP contribution < -0.4 is 20.9 Å². The first kappa shape index (κ1) is 23.1. The highest BCUT2D eigenvalue weighted by Gasteiger charge is 2.52. The monoisotopic (exact) mass is 470 g/mol. The Kier molecular flexibility index (Phi) is 7.61. The van der Waals surface area contributed by atoms with Gasteiger partial charge < -0.3 is 10.1 Å². The molecule has 168 valence electrons. The van der Waals surface area contributed by atoms with Gasteiger partial charge in [-0.2, -0.15) is 0 Å². The van der Waals surface area contributed by atoms with Gasteiger partial charge in [-0.15, -0.1) is 0 Å². The minimum Gasteiger partial charge on any atom is -0.492 e. The number of benzene rings is 1. The molecule has 31 heavy (non-hydrogen) atoms. The van der Waals surface area contributed by atoms with Crippen LogP contribution in [0.5, 0.6) is 5.75 Å². The smallest absolute Gasteiger partial charge is 0.325 e. The Bertz CT molecular complexity index is 873. The summed E-state index contributed by atoms with van der Waals surface area (Å²) in [6.45, 7) is 0.223. The summed E-state index contributed by atoms with van der Waals surface area (Å²) in [5, 5.41) is 3.64. The summed E-state index contributed by atoms with van der Waals surface area (Å²) < 4.78 is 5.49. The van der Waals surface area contributed by atoms with E-state index in [1.807, 2.05) is 0 Å². The topological polar surface area (TPSA) is 117 Å². The fourth-order valence-electron chi connectivity index (χ4n) is 3.68. The van der Waals surface area contributed by atoms with Crippen molar-refractivity contribution in [1.29, 1.82) is 0 Å². The summed E-state index contributed by atoms with van der Waals surface area (Å²) in [4.78, 5) is 49.5. The number of carbonyl (C=O) groups is 4. The number of carbonyl (C=O) groups excluding carboxylic acids is 4. The van der Waals surface area contributed by atoms with E-state index in [2.05, 4.69) is 16.2 Å². The normalized spacial score (nSPS) is 17.0. The Morgan fingerprint density at radius 3 is 2.45 bits per heavy atom. The molecule has 1 aromatic rings. The van der Waals surface area contributed by atoms with Crippen LogP contribution in [0.1, 0.15) is 44.9 Å². The van der Waals surface area contributed by atoms with Crippen LogP contribution in [0.4, 0.5) is 4.79 Å². The van der Waals surface area contributed by atoms with Crippen molar-refractivity contribution >= 4 is 47.0 Å². The van der Waals surface area contributed by atoms with E-state index < -0.39 is 17.5 Å². The summed E-state index contributed by atoms with van der Waals surface area (Å²) >= 11 is 11.8. The number of imide groups is 1. The average molecular weight is 471 g/mol. The molecule has 1 heterocycles. The highest BCUT2D eigenvalue weighted by atomic mass is 35.5. The van der Waals surface area contributed by atoms with E-state index in [0.29, 0.717) is 35.1 Å². The highest BCUT2D eigenvalue weighted by molar-refractivity contribution is 6.35. The van der Waals surface area contributed by atoms with Crippen LogP contribution in [0.15, 0.2) is 18.2 Å². The molecule has 1 spiro atoms. The second-order valence-electron chi connectivity index (χ2n) is 7.55. The molecule has 3 rings (SSSR count). The van der Waals surface area contributed by atoms with Crippen molar-refractivity contribution in [3.63, 3.8) is 0 Å². The third-order valence-electron chi connectivity index (χ3n) is 5.31. The first-order valence-corrected chi connectivity index (χ1v) is 10.9. The molecule has 1 aliphatic heterocycles. The Labute approximate surface area is 189 Å². The summed E-state index contributed by atoms with van der Waals surface area (Å²) in [5.74, 6) is -0.683. The second-order valence-corrected chi connectivity index (χ2v) is 8.39. The first-order valence-electron chi connectivity index (χ1n) is 10.1. The number of halogens is 2. The lowest BCUT2D eigenvalue weighted by atomic mass is 9.98. The molecule has 0 bridgehead atoms. The zero-order valence-corrected chi connectivity index (χ0v) is 18.4. The van der Waals surface area contributed by atoms with Crippen molar-refractivity contribution in [3.05, 3.63) is 28.2 Å². The fraction of sp³-hybridized carbons (Fsp3) is 0.500. The molecule has 0 unspecified atom stereocenters. The molecule has 5 amide bonds. The van der Waals surface area contributed by atoms with E-state index in [9.17, 15) is 19.2 Å². The molecular weight excluding hydrogens is 447 g/mol. The van der Waals surface area contributed by atoms with Gasteiger partial charge in [-0.3, -0.25) is 30.1 Å². The largest absolute Gasteiger partial charge is 0.492 e. The first-order chi connectivity index (χ1) is 14.8. The fourth-order valence-corrected chi connectivity index (χ4v) is 4.14. The quantitative estimate of drug-likeness (QED) is 0.306. The van der Waals surface area contributed by atoms with Gasteiger partial charge >= 0.3 is 6.03 Å². The van der Waals surface area contributed by atoms with Gasteiger partial charge in [0, 0.05) is 24.4 Å². The molecule has 2 fully saturated rings. The van der Waals surface area contributed by atoms with Crippen molar-refractivity contribution in [2.24, 2.45) is 0 Å². The lowest BCUT2D eigenvalue weighted by Gasteiger charge is -2.19. The molecule has 1 aromatic carbocycles. The lowest BCUT2D eigenvalue weighted by Crippen LogP contribution is -2.45. The van der Waals surface area contributed by atoms with Crippen LogP contribution in [-0.2, 0) is 14.4 Å². The van der Waals surface area contributed by atoms with Crippen LogP contribution in [-0.4, -0.2) is 47.3 Å². The number of hydrazine groups is 1. The molecule has 0 atom stereocenters. The molecule has 0 radical (unpaired) electrons. The zero-order valence-electron chi connectivity index (χ0n) is 16.8. The van der Waals surface area contributed by atoms with Crippen molar-refractivity contribution in [2.75, 3.05) is 13.2 Å². The summed E-state index contributed by atoms with van der Waals surface area (Å²) in [6, 6.07) is 4.39. The van der Waals surface area contributed by atoms with Gasteiger partial charge in [-0.25, -0.2) is 4.79 Å². The predicted molar refractivity (Wildman–Crippen MR) is 114 cm³/mol. The molecule has 1 saturated heterocycles. The van der Waals surface area contributed by atoms with Crippen molar-refractivity contribution in [1.82, 2.24) is 21.1 Å². The minimum absolute atomic E-state index is 0.0379. The maximum Gasteiger partial charge on any atom is 0.325 e. The number of nitrogens with one attached hydrogen (secondary N) is 3. The standard InChI is InChI=1S/C20H24Cl2N4O5/c21-13-5-6-15(14(22)12-13)31-11-3-4-16(27)24-25-17(28)7-10-26-18(29)20(23-19(26)30)8-1-2-9-20/h5-6,12H,1-4,7-11H2,(H,23,30)(H,24,27)(H,25,28). The van der Waals surface area contributed by atoms with Gasteiger partial charge in [0.1, 0.15) is 11.3 Å². The maximum absolute atomic E-state index is 12.5. The summed E-state index contributed by atoms with van der Waals surface area (Å²) in [6.07, 6.45) is 3.47. The van der Waals surface area contributed by atoms with Crippen molar-refractivity contribution in [3.8, 4) is 5.75 Å². The maximum atomic E-state index is 12.5. The van der Waals surface area contributed by atoms with E-state index in [-0.39, 0.29) is 37.8 Å². The predicted octanol–water partition coefficient (Wildman–Crippen LogP) is 2.55. The molecule has 2 aliphatic rings. The van der Waals surface area contributed by atoms with E-state index >= 15 is 0 Å². The average Bonchev–Trinajstić information content (AvgIpc) is 3.28. The number of rotatable bonds is 8. The SMILES string of the molecule is O=C(CCCOc1ccc(Cl)cc1Cl)NNC(=O)CCN1C(=O)NC2(CCCC2)C1=O. The summed E-state index contributed by atoms with van der Waals surface area (Å²) in [7, 11) is 0. The van der Waals surface area contributed by atoms with Crippen LogP contribution in [0.2, 0.25) is 10.0 Å². The summed E-state index contributed by atoms with van der Waals surface area (Å²) in [5.41, 5.74) is 3.80. The Hall–Kier alpha value is -2.52. The van der Waals surface area contributed by atoms with Crippen molar-refractivity contribution < 1.29 is 23.9 Å². The molecule has 3 N–H and O–H groups in total. The van der Waals surface area contributed by atoms with Crippen LogP contribution >= 0.6 is 23.2 Å². The van der Waals surface area contributed by atoms with Gasteiger partial charge in [-0.05, 0) is 37.5 Å². The van der Waals surface area contributed by atoms with E-state index in [0.717, 1.165) is 17.7 Å². The zero-order chi connectivity index (χ0) is 22.4. The third kappa shape index (κ3) is 5.80. The van der Waals surface area contributed by atoms with Crippen LogP contribution in [0, 0.1) is 0 Å². The molecule has 1 saturated carbocycles. The number of hydrogen-bond donors (Lipinski definition) is 3. The van der Waals surface area contributed by atoms with E-state index in [4.69, 9.17) is 27.9 Å². The second kappa shape index (κ2) is 10.2. The van der Waals surface area contributed by atoms with Gasteiger partial charge in [0.25, 0.3) is 5.91 Å². The number of hydrogen-bond acceptors (Lipinski definition) is 5. The highest BCUT2D eigenvalue weighted by Crippen LogP contribution is 2.35. The van der Waals surface area contributed by atoms with Crippen molar-refractivity contribution in [2.45, 2.75) is 50.5 Å². The van der Waals surface area contributed by atoms with Gasteiger partial charge in [0.05, 0.1) is 11.6 Å². The van der Waals surface area contributed by atoms with E-state index in [1.165, 1.54) is 0 Å². The lowest BCUT2D eigenvalue weighted by molar-refractivity contribution is -0.132. The van der Waals surface area contributed by atoms with Crippen LogP contribution in [0.3, 0.4) is 0 Å². The third-order valence-corrected chi connectivity index (χ3v) is 5.84.